The fourth-order valence-electron chi connectivity index (χ4n) is 3.46. The maximum atomic E-state index is 14.3. The first-order chi connectivity index (χ1) is 14.4. The van der Waals surface area contributed by atoms with Crippen LogP contribution in [0.5, 0.6) is 0 Å². The van der Waals surface area contributed by atoms with Crippen molar-refractivity contribution in [1.29, 1.82) is 0 Å². The Kier molecular flexibility index (Phi) is 6.04. The van der Waals surface area contributed by atoms with Gasteiger partial charge in [-0.2, -0.15) is 5.10 Å². The number of aromatic nitrogens is 3. The molecule has 4 rings (SSSR count). The van der Waals surface area contributed by atoms with Gasteiger partial charge in [0.25, 0.3) is 0 Å². The summed E-state index contributed by atoms with van der Waals surface area (Å²) in [5, 5.41) is 4.12. The monoisotopic (exact) mass is 449 g/mol. The minimum absolute atomic E-state index is 0.0449. The van der Waals surface area contributed by atoms with Crippen LogP contribution in [0.25, 0.3) is 0 Å². The lowest BCUT2D eigenvalue weighted by molar-refractivity contribution is 0.0662. The molecule has 9 heteroatoms. The minimum Gasteiger partial charge on any atom is -0.381 e. The third-order valence-corrected chi connectivity index (χ3v) is 5.71. The molecule has 0 radical (unpaired) electrons. The van der Waals surface area contributed by atoms with E-state index in [4.69, 9.17) is 27.9 Å². The lowest BCUT2D eigenvalue weighted by atomic mass is 10.0. The van der Waals surface area contributed by atoms with Gasteiger partial charge in [-0.3, -0.25) is 14.3 Å². The molecular weight excluding hydrogens is 432 g/mol. The first-order valence-corrected chi connectivity index (χ1v) is 10.2. The number of hydrogen-bond acceptors (Lipinski definition) is 4. The van der Waals surface area contributed by atoms with Crippen LogP contribution in [0.1, 0.15) is 50.9 Å². The Morgan fingerprint density at radius 3 is 2.73 bits per heavy atom. The van der Waals surface area contributed by atoms with Crippen LogP contribution in [0, 0.1) is 5.82 Å². The number of carbonyl (C=O) groups excluding carboxylic acids is 2. The average Bonchev–Trinajstić information content (AvgIpc) is 3.42. The highest BCUT2D eigenvalue weighted by Gasteiger charge is 2.23. The molecule has 2 aromatic heterocycles. The number of rotatable bonds is 6. The average molecular weight is 450 g/mol. The van der Waals surface area contributed by atoms with Crippen molar-refractivity contribution in [2.24, 2.45) is 0 Å². The van der Waals surface area contributed by atoms with Gasteiger partial charge in [-0.1, -0.05) is 23.2 Å². The Labute approximate surface area is 181 Å². The first-order valence-electron chi connectivity index (χ1n) is 9.44. The number of H-pyrrole nitrogens is 1. The molecule has 1 aliphatic heterocycles. The zero-order valence-corrected chi connectivity index (χ0v) is 17.3. The fraction of sp³-hybridized carbons (Fsp3) is 0.286. The van der Waals surface area contributed by atoms with Crippen LogP contribution < -0.4 is 0 Å². The number of hydrogen-bond donors (Lipinski definition) is 1. The quantitative estimate of drug-likeness (QED) is 0.438. The molecule has 0 bridgehead atoms. The summed E-state index contributed by atoms with van der Waals surface area (Å²) in [6.07, 6.45) is 6.80. The summed E-state index contributed by atoms with van der Waals surface area (Å²) in [6.45, 7) is 1.41. The molecule has 3 heterocycles. The van der Waals surface area contributed by atoms with Gasteiger partial charge in [-0.05, 0) is 36.6 Å². The third kappa shape index (κ3) is 4.19. The van der Waals surface area contributed by atoms with Crippen molar-refractivity contribution in [1.82, 2.24) is 14.8 Å². The molecule has 3 aromatic rings. The summed E-state index contributed by atoms with van der Waals surface area (Å²) in [5.74, 6) is -1.75. The molecule has 0 saturated carbocycles. The lowest BCUT2D eigenvalue weighted by Gasteiger charge is -2.22. The Bertz CT molecular complexity index is 1100. The van der Waals surface area contributed by atoms with Crippen LogP contribution in [0.15, 0.2) is 36.8 Å². The van der Waals surface area contributed by atoms with Gasteiger partial charge in [0.05, 0.1) is 33.5 Å². The molecule has 0 unspecified atom stereocenters. The van der Waals surface area contributed by atoms with E-state index in [0.717, 1.165) is 18.4 Å². The van der Waals surface area contributed by atoms with E-state index in [2.05, 4.69) is 10.1 Å². The van der Waals surface area contributed by atoms with Crippen molar-refractivity contribution in [3.05, 3.63) is 75.0 Å². The van der Waals surface area contributed by atoms with Crippen molar-refractivity contribution in [2.75, 3.05) is 13.2 Å². The Morgan fingerprint density at radius 1 is 1.23 bits per heavy atom. The Balaban J connectivity index is 1.48. The summed E-state index contributed by atoms with van der Waals surface area (Å²) in [5.41, 5.74) is 0.827. The highest BCUT2D eigenvalue weighted by atomic mass is 35.5. The van der Waals surface area contributed by atoms with Crippen LogP contribution in [-0.4, -0.2) is 39.5 Å². The number of Topliss-reactive ketones (excluding diaryl/α,β-unsaturated/α-hetero) is 1. The SMILES string of the molecule is O=C(Cc1cnn(C2CCOCC2)c1)c1cc(C(=O)c2c(Cl)ccc(Cl)c2F)c[nH]1. The standard InChI is InChI=1S/C21H18Cl2FN3O3/c22-15-1-2-16(23)20(24)19(15)21(29)13-8-17(25-10-13)18(28)7-12-9-26-27(11-12)14-3-5-30-6-4-14/h1-2,8-11,14,25H,3-7H2. The number of nitrogens with zero attached hydrogens (tertiary/aromatic N) is 2. The van der Waals surface area contributed by atoms with Gasteiger partial charge >= 0.3 is 0 Å². The van der Waals surface area contributed by atoms with Gasteiger partial charge < -0.3 is 9.72 Å². The van der Waals surface area contributed by atoms with Gasteiger partial charge in [0.2, 0.25) is 0 Å². The summed E-state index contributed by atoms with van der Waals surface area (Å²) in [7, 11) is 0. The lowest BCUT2D eigenvalue weighted by Crippen LogP contribution is -2.19. The van der Waals surface area contributed by atoms with E-state index in [-0.39, 0.29) is 45.1 Å². The minimum atomic E-state index is -0.885. The smallest absolute Gasteiger partial charge is 0.199 e. The van der Waals surface area contributed by atoms with Crippen LogP contribution in [0.2, 0.25) is 10.0 Å². The van der Waals surface area contributed by atoms with E-state index in [1.54, 1.807) is 6.20 Å². The molecule has 0 spiro atoms. The van der Waals surface area contributed by atoms with Crippen molar-refractivity contribution in [3.8, 4) is 0 Å². The van der Waals surface area contributed by atoms with E-state index in [1.807, 2.05) is 10.9 Å². The second-order valence-electron chi connectivity index (χ2n) is 7.12. The highest BCUT2D eigenvalue weighted by molar-refractivity contribution is 6.37. The normalized spacial score (nSPS) is 14.8. The zero-order chi connectivity index (χ0) is 21.3. The molecule has 1 fully saturated rings. The maximum absolute atomic E-state index is 14.3. The number of benzene rings is 1. The van der Waals surface area contributed by atoms with E-state index in [0.29, 0.717) is 13.2 Å². The predicted molar refractivity (Wildman–Crippen MR) is 110 cm³/mol. The molecule has 6 nitrogen and oxygen atoms in total. The molecular formula is C21H18Cl2FN3O3. The molecule has 30 heavy (non-hydrogen) atoms. The Morgan fingerprint density at radius 2 is 1.97 bits per heavy atom. The predicted octanol–water partition coefficient (Wildman–Crippen LogP) is 4.67. The number of carbonyl (C=O) groups is 2. The number of nitrogens with one attached hydrogen (secondary N) is 1. The van der Waals surface area contributed by atoms with E-state index >= 15 is 0 Å². The molecule has 0 aliphatic carbocycles. The zero-order valence-electron chi connectivity index (χ0n) is 15.8. The molecule has 0 atom stereocenters. The number of halogens is 3. The van der Waals surface area contributed by atoms with Crippen LogP contribution >= 0.6 is 23.2 Å². The van der Waals surface area contributed by atoms with E-state index in [1.165, 1.54) is 24.4 Å². The summed E-state index contributed by atoms with van der Waals surface area (Å²) < 4.78 is 21.5. The third-order valence-electron chi connectivity index (χ3n) is 5.10. The summed E-state index contributed by atoms with van der Waals surface area (Å²) in [6, 6.07) is 4.30. The first kappa shape index (κ1) is 20.8. The van der Waals surface area contributed by atoms with E-state index in [9.17, 15) is 14.0 Å². The molecule has 1 saturated heterocycles. The van der Waals surface area contributed by atoms with Crippen LogP contribution in [-0.2, 0) is 11.2 Å². The van der Waals surface area contributed by atoms with Gasteiger partial charge in [-0.25, -0.2) is 4.39 Å². The second kappa shape index (κ2) is 8.71. The number of aromatic amines is 1. The topological polar surface area (TPSA) is 77.0 Å². The maximum Gasteiger partial charge on any atom is 0.199 e. The van der Waals surface area contributed by atoms with Crippen molar-refractivity contribution >= 4 is 34.8 Å². The van der Waals surface area contributed by atoms with Crippen molar-refractivity contribution < 1.29 is 18.7 Å². The number of ether oxygens (including phenoxy) is 1. The summed E-state index contributed by atoms with van der Waals surface area (Å²) in [4.78, 5) is 28.1. The molecule has 1 N–H and O–H groups in total. The van der Waals surface area contributed by atoms with Gasteiger partial charge in [0, 0.05) is 37.6 Å². The van der Waals surface area contributed by atoms with Gasteiger partial charge in [0.1, 0.15) is 0 Å². The number of ketones is 2. The van der Waals surface area contributed by atoms with Crippen LogP contribution in [0.3, 0.4) is 0 Å². The summed E-state index contributed by atoms with van der Waals surface area (Å²) >= 11 is 11.7. The fourth-order valence-corrected chi connectivity index (χ4v) is 3.85. The molecule has 1 aromatic carbocycles. The Hall–Kier alpha value is -2.48. The largest absolute Gasteiger partial charge is 0.381 e. The molecule has 1 aliphatic rings. The van der Waals surface area contributed by atoms with Crippen molar-refractivity contribution in [3.63, 3.8) is 0 Å². The van der Waals surface area contributed by atoms with Gasteiger partial charge in [0.15, 0.2) is 17.4 Å². The van der Waals surface area contributed by atoms with Crippen LogP contribution in [0.4, 0.5) is 4.39 Å². The molecule has 0 amide bonds. The second-order valence-corrected chi connectivity index (χ2v) is 7.94. The molecule has 156 valence electrons. The van der Waals surface area contributed by atoms with Gasteiger partial charge in [-0.15, -0.1) is 0 Å². The highest BCUT2D eigenvalue weighted by Crippen LogP contribution is 2.28. The van der Waals surface area contributed by atoms with Crippen molar-refractivity contribution in [2.45, 2.75) is 25.3 Å². The van der Waals surface area contributed by atoms with E-state index < -0.39 is 11.6 Å².